The molecule has 118 valence electrons. The van der Waals surface area contributed by atoms with Crippen LogP contribution in [0.25, 0.3) is 0 Å². The number of piperidine rings is 1. The Morgan fingerprint density at radius 2 is 2.19 bits per heavy atom. The topological polar surface area (TPSA) is 33.7 Å². The SMILES string of the molecule is CCOC1CCCN(CC(NC)c2ccccc2OC)C1. The molecule has 1 N–H and O–H groups in total. The Hall–Kier alpha value is -1.10. The van der Waals surface area contributed by atoms with Gasteiger partial charge in [-0.15, -0.1) is 0 Å². The second-order valence-corrected chi connectivity index (χ2v) is 5.56. The van der Waals surface area contributed by atoms with Gasteiger partial charge < -0.3 is 14.8 Å². The maximum Gasteiger partial charge on any atom is 0.123 e. The molecule has 0 aliphatic carbocycles. The van der Waals surface area contributed by atoms with Crippen LogP contribution in [0.3, 0.4) is 0 Å². The van der Waals surface area contributed by atoms with E-state index in [1.54, 1.807) is 7.11 Å². The summed E-state index contributed by atoms with van der Waals surface area (Å²) in [5, 5.41) is 3.42. The molecule has 1 heterocycles. The number of rotatable bonds is 7. The zero-order chi connectivity index (χ0) is 15.1. The molecule has 2 atom stereocenters. The first-order chi connectivity index (χ1) is 10.3. The molecule has 0 bridgehead atoms. The summed E-state index contributed by atoms with van der Waals surface area (Å²) >= 11 is 0. The van der Waals surface area contributed by atoms with Gasteiger partial charge in [0.2, 0.25) is 0 Å². The molecule has 1 fully saturated rings. The molecule has 0 saturated carbocycles. The van der Waals surface area contributed by atoms with Crippen molar-refractivity contribution in [2.75, 3.05) is 40.4 Å². The van der Waals surface area contributed by atoms with E-state index in [-0.39, 0.29) is 6.04 Å². The van der Waals surface area contributed by atoms with Gasteiger partial charge in [0.1, 0.15) is 5.75 Å². The highest BCUT2D eigenvalue weighted by Gasteiger charge is 2.23. The quantitative estimate of drug-likeness (QED) is 0.837. The number of likely N-dealkylation sites (N-methyl/N-ethyl adjacent to an activating group) is 1. The van der Waals surface area contributed by atoms with E-state index >= 15 is 0 Å². The first-order valence-electron chi connectivity index (χ1n) is 7.92. The summed E-state index contributed by atoms with van der Waals surface area (Å²) in [6.07, 6.45) is 2.79. The number of para-hydroxylation sites is 1. The molecule has 0 spiro atoms. The minimum Gasteiger partial charge on any atom is -0.496 e. The van der Waals surface area contributed by atoms with Crippen LogP contribution in [0.15, 0.2) is 24.3 Å². The molecule has 1 aromatic carbocycles. The fraction of sp³-hybridized carbons (Fsp3) is 0.647. The number of hydrogen-bond acceptors (Lipinski definition) is 4. The lowest BCUT2D eigenvalue weighted by molar-refractivity contribution is 0.00363. The predicted octanol–water partition coefficient (Wildman–Crippen LogP) is 2.46. The van der Waals surface area contributed by atoms with Gasteiger partial charge in [0.05, 0.1) is 13.2 Å². The Kier molecular flexibility index (Phi) is 6.49. The van der Waals surface area contributed by atoms with Crippen LogP contribution in [-0.4, -0.2) is 51.4 Å². The third-order valence-electron chi connectivity index (χ3n) is 4.17. The van der Waals surface area contributed by atoms with Crippen molar-refractivity contribution >= 4 is 0 Å². The first-order valence-corrected chi connectivity index (χ1v) is 7.92. The highest BCUT2D eigenvalue weighted by Crippen LogP contribution is 2.26. The molecule has 1 saturated heterocycles. The van der Waals surface area contributed by atoms with E-state index < -0.39 is 0 Å². The zero-order valence-electron chi connectivity index (χ0n) is 13.5. The number of nitrogens with one attached hydrogen (secondary N) is 1. The third-order valence-corrected chi connectivity index (χ3v) is 4.17. The van der Waals surface area contributed by atoms with E-state index in [4.69, 9.17) is 9.47 Å². The smallest absolute Gasteiger partial charge is 0.123 e. The van der Waals surface area contributed by atoms with Gasteiger partial charge in [0.15, 0.2) is 0 Å². The van der Waals surface area contributed by atoms with Gasteiger partial charge in [-0.1, -0.05) is 18.2 Å². The standard InChI is InChI=1S/C17H28N2O2/c1-4-21-14-8-7-11-19(12-14)13-16(18-2)15-9-5-6-10-17(15)20-3/h5-6,9-10,14,16,18H,4,7-8,11-13H2,1-3H3. The molecule has 21 heavy (non-hydrogen) atoms. The fourth-order valence-corrected chi connectivity index (χ4v) is 3.11. The number of nitrogens with zero attached hydrogens (tertiary/aromatic N) is 1. The molecule has 1 aliphatic heterocycles. The van der Waals surface area contributed by atoms with Crippen molar-refractivity contribution in [3.05, 3.63) is 29.8 Å². The predicted molar refractivity (Wildman–Crippen MR) is 85.9 cm³/mol. The van der Waals surface area contributed by atoms with E-state index in [2.05, 4.69) is 29.3 Å². The molecule has 1 aromatic rings. The Labute approximate surface area is 128 Å². The Morgan fingerprint density at radius 3 is 2.90 bits per heavy atom. The number of benzene rings is 1. The van der Waals surface area contributed by atoms with Gasteiger partial charge in [-0.3, -0.25) is 4.90 Å². The van der Waals surface area contributed by atoms with Gasteiger partial charge in [-0.2, -0.15) is 0 Å². The van der Waals surface area contributed by atoms with E-state index in [0.717, 1.165) is 32.0 Å². The monoisotopic (exact) mass is 292 g/mol. The first kappa shape index (κ1) is 16.3. The van der Waals surface area contributed by atoms with Crippen molar-refractivity contribution in [3.8, 4) is 5.75 Å². The summed E-state index contributed by atoms with van der Waals surface area (Å²) in [5.41, 5.74) is 1.22. The second kappa shape index (κ2) is 8.37. The van der Waals surface area contributed by atoms with E-state index in [9.17, 15) is 0 Å². The van der Waals surface area contributed by atoms with Crippen molar-refractivity contribution in [1.29, 1.82) is 0 Å². The van der Waals surface area contributed by atoms with Crippen LogP contribution in [0, 0.1) is 0 Å². The molecule has 2 unspecified atom stereocenters. The van der Waals surface area contributed by atoms with Crippen LogP contribution >= 0.6 is 0 Å². The van der Waals surface area contributed by atoms with E-state index in [1.165, 1.54) is 18.4 Å². The molecule has 0 aromatic heterocycles. The molecule has 4 nitrogen and oxygen atoms in total. The van der Waals surface area contributed by atoms with Gasteiger partial charge >= 0.3 is 0 Å². The molecule has 1 aliphatic rings. The van der Waals surface area contributed by atoms with Crippen LogP contribution < -0.4 is 10.1 Å². The number of methoxy groups -OCH3 is 1. The summed E-state index contributed by atoms with van der Waals surface area (Å²) in [6, 6.07) is 8.53. The van der Waals surface area contributed by atoms with Crippen molar-refractivity contribution in [2.24, 2.45) is 0 Å². The van der Waals surface area contributed by atoms with Gasteiger partial charge in [0, 0.05) is 31.3 Å². The number of hydrogen-bond donors (Lipinski definition) is 1. The maximum absolute atomic E-state index is 5.79. The van der Waals surface area contributed by atoms with Gasteiger partial charge in [0.25, 0.3) is 0 Å². The largest absolute Gasteiger partial charge is 0.496 e. The highest BCUT2D eigenvalue weighted by atomic mass is 16.5. The van der Waals surface area contributed by atoms with Gasteiger partial charge in [-0.25, -0.2) is 0 Å². The number of likely N-dealkylation sites (tertiary alicyclic amines) is 1. The van der Waals surface area contributed by atoms with E-state index in [0.29, 0.717) is 6.10 Å². The fourth-order valence-electron chi connectivity index (χ4n) is 3.11. The average Bonchev–Trinajstić information content (AvgIpc) is 2.53. The zero-order valence-corrected chi connectivity index (χ0v) is 13.5. The Balaban J connectivity index is 2.01. The Morgan fingerprint density at radius 1 is 1.38 bits per heavy atom. The third kappa shape index (κ3) is 4.43. The van der Waals surface area contributed by atoms with Crippen LogP contribution in [0.5, 0.6) is 5.75 Å². The lowest BCUT2D eigenvalue weighted by Gasteiger charge is -2.35. The molecule has 4 heteroatoms. The van der Waals surface area contributed by atoms with Crippen molar-refractivity contribution in [2.45, 2.75) is 31.9 Å². The molecular weight excluding hydrogens is 264 g/mol. The Bertz CT molecular complexity index is 423. The van der Waals surface area contributed by atoms with Crippen LogP contribution in [-0.2, 0) is 4.74 Å². The summed E-state index contributed by atoms with van der Waals surface area (Å²) in [5.74, 6) is 0.954. The summed E-state index contributed by atoms with van der Waals surface area (Å²) < 4.78 is 11.3. The summed E-state index contributed by atoms with van der Waals surface area (Å²) in [7, 11) is 3.75. The molecule has 0 radical (unpaired) electrons. The van der Waals surface area contributed by atoms with Gasteiger partial charge in [-0.05, 0) is 39.4 Å². The normalized spacial score (nSPS) is 21.2. The second-order valence-electron chi connectivity index (χ2n) is 5.56. The van der Waals surface area contributed by atoms with Crippen LogP contribution in [0.4, 0.5) is 0 Å². The number of ether oxygens (including phenoxy) is 2. The van der Waals surface area contributed by atoms with E-state index in [1.807, 2.05) is 19.2 Å². The minimum atomic E-state index is 0.279. The average molecular weight is 292 g/mol. The molecule has 0 amide bonds. The summed E-state index contributed by atoms with van der Waals surface area (Å²) in [4.78, 5) is 2.50. The maximum atomic E-state index is 5.79. The summed E-state index contributed by atoms with van der Waals surface area (Å²) in [6.45, 7) is 6.04. The van der Waals surface area contributed by atoms with Crippen LogP contribution in [0.1, 0.15) is 31.4 Å². The lowest BCUT2D eigenvalue weighted by Crippen LogP contribution is -2.43. The molecule has 2 rings (SSSR count). The highest BCUT2D eigenvalue weighted by molar-refractivity contribution is 5.36. The lowest BCUT2D eigenvalue weighted by atomic mass is 10.0. The minimum absolute atomic E-state index is 0.279. The van der Waals surface area contributed by atoms with Crippen molar-refractivity contribution in [3.63, 3.8) is 0 Å². The molecular formula is C17H28N2O2. The van der Waals surface area contributed by atoms with Crippen LogP contribution in [0.2, 0.25) is 0 Å². The van der Waals surface area contributed by atoms with Crippen molar-refractivity contribution in [1.82, 2.24) is 10.2 Å². The van der Waals surface area contributed by atoms with Crippen molar-refractivity contribution < 1.29 is 9.47 Å².